The second kappa shape index (κ2) is 5.94. The number of aryl methyl sites for hydroxylation is 1. The highest BCUT2D eigenvalue weighted by Gasteiger charge is 2.09. The van der Waals surface area contributed by atoms with Crippen molar-refractivity contribution in [3.8, 4) is 0 Å². The molecule has 0 unspecified atom stereocenters. The van der Waals surface area contributed by atoms with Crippen LogP contribution in [0.15, 0.2) is 23.0 Å². The Morgan fingerprint density at radius 1 is 1.26 bits per heavy atom. The Morgan fingerprint density at radius 2 is 2.11 bits per heavy atom. The highest BCUT2D eigenvalue weighted by Crippen LogP contribution is 2.04. The van der Waals surface area contributed by atoms with Crippen molar-refractivity contribution in [2.75, 3.05) is 12.4 Å². The van der Waals surface area contributed by atoms with Gasteiger partial charge >= 0.3 is 0 Å². The van der Waals surface area contributed by atoms with Gasteiger partial charge in [-0.2, -0.15) is 0 Å². The zero-order valence-corrected chi connectivity index (χ0v) is 10.8. The lowest BCUT2D eigenvalue weighted by atomic mass is 10.4. The number of oxazole rings is 1. The number of hydrogen-bond donors (Lipinski definition) is 2. The summed E-state index contributed by atoms with van der Waals surface area (Å²) in [6.45, 7) is 2.20. The number of rotatable bonds is 5. The minimum Gasteiger partial charge on any atom is -0.444 e. The molecule has 2 aromatic heterocycles. The number of carbonyl (C=O) groups excluding carboxylic acids is 1. The van der Waals surface area contributed by atoms with Gasteiger partial charge in [0.1, 0.15) is 17.3 Å². The predicted octanol–water partition coefficient (Wildman–Crippen LogP) is 0.999. The van der Waals surface area contributed by atoms with E-state index in [1.807, 2.05) is 6.92 Å². The first kappa shape index (κ1) is 13.0. The van der Waals surface area contributed by atoms with Gasteiger partial charge in [-0.1, -0.05) is 6.92 Å². The first-order valence-corrected chi connectivity index (χ1v) is 5.94. The maximum Gasteiger partial charge on any atom is 0.271 e. The average molecular weight is 261 g/mol. The lowest BCUT2D eigenvalue weighted by molar-refractivity contribution is 0.0941. The molecule has 0 aliphatic carbocycles. The van der Waals surface area contributed by atoms with Crippen molar-refractivity contribution in [2.24, 2.45) is 0 Å². The van der Waals surface area contributed by atoms with Crippen molar-refractivity contribution in [3.05, 3.63) is 35.9 Å². The Morgan fingerprint density at radius 3 is 2.68 bits per heavy atom. The summed E-state index contributed by atoms with van der Waals surface area (Å²) in [5.41, 5.74) is 0.251. The van der Waals surface area contributed by atoms with E-state index in [0.29, 0.717) is 11.7 Å². The molecule has 0 spiro atoms. The van der Waals surface area contributed by atoms with Gasteiger partial charge in [0.05, 0.1) is 25.1 Å². The summed E-state index contributed by atoms with van der Waals surface area (Å²) in [5, 5.41) is 5.50. The number of anilines is 1. The number of carbonyl (C=O) groups is 1. The summed E-state index contributed by atoms with van der Waals surface area (Å²) in [6, 6.07) is 0. The van der Waals surface area contributed by atoms with Crippen molar-refractivity contribution >= 4 is 11.7 Å². The average Bonchev–Trinajstić information content (AvgIpc) is 2.93. The van der Waals surface area contributed by atoms with Crippen LogP contribution in [-0.4, -0.2) is 27.9 Å². The van der Waals surface area contributed by atoms with E-state index in [-0.39, 0.29) is 18.1 Å². The summed E-state index contributed by atoms with van der Waals surface area (Å²) in [4.78, 5) is 23.9. The minimum absolute atomic E-state index is 0.230. The summed E-state index contributed by atoms with van der Waals surface area (Å²) >= 11 is 0. The van der Waals surface area contributed by atoms with Crippen LogP contribution >= 0.6 is 0 Å². The van der Waals surface area contributed by atoms with E-state index in [1.54, 1.807) is 13.2 Å². The van der Waals surface area contributed by atoms with Crippen molar-refractivity contribution in [1.82, 2.24) is 20.3 Å². The van der Waals surface area contributed by atoms with Crippen LogP contribution in [0.5, 0.6) is 0 Å². The molecular formula is C12H15N5O2. The zero-order chi connectivity index (χ0) is 13.7. The molecule has 0 atom stereocenters. The zero-order valence-electron chi connectivity index (χ0n) is 10.8. The molecule has 2 rings (SSSR count). The molecule has 0 saturated heterocycles. The third-order valence-corrected chi connectivity index (χ3v) is 2.49. The van der Waals surface area contributed by atoms with E-state index in [1.165, 1.54) is 12.4 Å². The Hall–Kier alpha value is -2.44. The number of aromatic nitrogens is 3. The first-order chi connectivity index (χ1) is 9.22. The lowest BCUT2D eigenvalue weighted by Gasteiger charge is -2.02. The summed E-state index contributed by atoms with van der Waals surface area (Å²) in [7, 11) is 1.73. The van der Waals surface area contributed by atoms with Gasteiger partial charge in [-0.25, -0.2) is 15.0 Å². The van der Waals surface area contributed by atoms with Crippen LogP contribution in [0.1, 0.15) is 29.1 Å². The van der Waals surface area contributed by atoms with E-state index in [9.17, 15) is 4.79 Å². The number of nitrogens with zero attached hydrogens (tertiary/aromatic N) is 3. The van der Waals surface area contributed by atoms with E-state index < -0.39 is 0 Å². The molecule has 0 aliphatic heterocycles. The number of hydrogen-bond acceptors (Lipinski definition) is 6. The van der Waals surface area contributed by atoms with Gasteiger partial charge in [-0.15, -0.1) is 0 Å². The predicted molar refractivity (Wildman–Crippen MR) is 68.6 cm³/mol. The lowest BCUT2D eigenvalue weighted by Crippen LogP contribution is -2.24. The van der Waals surface area contributed by atoms with Crippen LogP contribution < -0.4 is 10.6 Å². The van der Waals surface area contributed by atoms with E-state index in [2.05, 4.69) is 25.6 Å². The number of nitrogens with one attached hydrogen (secondary N) is 2. The monoisotopic (exact) mass is 261 g/mol. The molecule has 0 radical (unpaired) electrons. The molecule has 2 aromatic rings. The molecule has 100 valence electrons. The number of amides is 1. The molecule has 0 fully saturated rings. The molecule has 2 N–H and O–H groups in total. The second-order valence-electron chi connectivity index (χ2n) is 3.79. The van der Waals surface area contributed by atoms with Gasteiger partial charge in [0, 0.05) is 13.5 Å². The molecule has 0 saturated carbocycles. The van der Waals surface area contributed by atoms with Crippen molar-refractivity contribution < 1.29 is 9.21 Å². The van der Waals surface area contributed by atoms with Crippen LogP contribution in [0, 0.1) is 0 Å². The van der Waals surface area contributed by atoms with Crippen LogP contribution in [0.25, 0.3) is 0 Å². The Bertz CT molecular complexity index is 550. The van der Waals surface area contributed by atoms with E-state index >= 15 is 0 Å². The van der Waals surface area contributed by atoms with Crippen molar-refractivity contribution in [1.29, 1.82) is 0 Å². The van der Waals surface area contributed by atoms with Gasteiger partial charge in [-0.05, 0) is 0 Å². The SMILES string of the molecule is CCc1cnc(CNC(=O)c2cnc(NC)cn2)o1. The molecule has 7 nitrogen and oxygen atoms in total. The highest BCUT2D eigenvalue weighted by atomic mass is 16.4. The molecule has 19 heavy (non-hydrogen) atoms. The molecule has 2 heterocycles. The Labute approximate surface area is 110 Å². The fourth-order valence-electron chi connectivity index (χ4n) is 1.41. The molecule has 0 bridgehead atoms. The first-order valence-electron chi connectivity index (χ1n) is 5.94. The van der Waals surface area contributed by atoms with Crippen molar-refractivity contribution in [2.45, 2.75) is 19.9 Å². The third-order valence-electron chi connectivity index (χ3n) is 2.49. The highest BCUT2D eigenvalue weighted by molar-refractivity contribution is 5.91. The van der Waals surface area contributed by atoms with E-state index in [0.717, 1.165) is 12.2 Å². The minimum atomic E-state index is -0.314. The fourth-order valence-corrected chi connectivity index (χ4v) is 1.41. The van der Waals surface area contributed by atoms with E-state index in [4.69, 9.17) is 4.42 Å². The molecule has 0 aromatic carbocycles. The van der Waals surface area contributed by atoms with Gasteiger partial charge in [-0.3, -0.25) is 4.79 Å². The van der Waals surface area contributed by atoms with Crippen LogP contribution in [-0.2, 0) is 13.0 Å². The Balaban J connectivity index is 1.93. The third kappa shape index (κ3) is 3.27. The van der Waals surface area contributed by atoms with Gasteiger partial charge in [0.25, 0.3) is 5.91 Å². The summed E-state index contributed by atoms with van der Waals surface area (Å²) < 4.78 is 5.38. The molecule has 7 heteroatoms. The fraction of sp³-hybridized carbons (Fsp3) is 0.333. The summed E-state index contributed by atoms with van der Waals surface area (Å²) in [5.74, 6) is 1.57. The summed E-state index contributed by atoms with van der Waals surface area (Å²) in [6.07, 6.45) is 5.34. The topological polar surface area (TPSA) is 92.9 Å². The van der Waals surface area contributed by atoms with Crippen LogP contribution in [0.4, 0.5) is 5.82 Å². The maximum absolute atomic E-state index is 11.8. The smallest absolute Gasteiger partial charge is 0.271 e. The molecule has 0 aliphatic rings. The van der Waals surface area contributed by atoms with Crippen LogP contribution in [0.2, 0.25) is 0 Å². The second-order valence-corrected chi connectivity index (χ2v) is 3.79. The molecule has 1 amide bonds. The quantitative estimate of drug-likeness (QED) is 0.834. The maximum atomic E-state index is 11.8. The Kier molecular flexibility index (Phi) is 4.07. The molecular weight excluding hydrogens is 246 g/mol. The van der Waals surface area contributed by atoms with Crippen LogP contribution in [0.3, 0.4) is 0 Å². The largest absolute Gasteiger partial charge is 0.444 e. The van der Waals surface area contributed by atoms with Crippen molar-refractivity contribution in [3.63, 3.8) is 0 Å². The normalized spacial score (nSPS) is 10.2. The van der Waals surface area contributed by atoms with Gasteiger partial charge in [0.2, 0.25) is 5.89 Å². The van der Waals surface area contributed by atoms with Gasteiger partial charge in [0.15, 0.2) is 0 Å². The standard InChI is InChI=1S/C12H15N5O2/c1-3-8-4-16-11(19-8)7-17-12(18)9-5-15-10(13-2)6-14-9/h4-6H,3,7H2,1-2H3,(H,13,15)(H,17,18). The van der Waals surface area contributed by atoms with Gasteiger partial charge < -0.3 is 15.1 Å².